The quantitative estimate of drug-likeness (QED) is 0.0560. The molecule has 0 bridgehead atoms. The summed E-state index contributed by atoms with van der Waals surface area (Å²) in [6, 6.07) is 6.27. The van der Waals surface area contributed by atoms with E-state index < -0.39 is 49.4 Å². The van der Waals surface area contributed by atoms with Crippen molar-refractivity contribution in [3.63, 3.8) is 0 Å². The summed E-state index contributed by atoms with van der Waals surface area (Å²) in [5.74, 6) is -2.89. The van der Waals surface area contributed by atoms with Crippen LogP contribution in [-0.2, 0) is 48.0 Å². The number of esters is 4. The third kappa shape index (κ3) is 9.76. The number of ether oxygens (including phenoxy) is 4. The normalized spacial score (nSPS) is 12.1. The smallest absolute Gasteiger partial charge is 0.333 e. The van der Waals surface area contributed by atoms with Crippen molar-refractivity contribution in [3.8, 4) is 0 Å². The molecular formula is C33H49NO10S. The number of benzene rings is 1. The summed E-state index contributed by atoms with van der Waals surface area (Å²) >= 11 is 0. The predicted molar refractivity (Wildman–Crippen MR) is 167 cm³/mol. The zero-order valence-electron chi connectivity index (χ0n) is 27.7. The van der Waals surface area contributed by atoms with E-state index in [0.29, 0.717) is 0 Å². The summed E-state index contributed by atoms with van der Waals surface area (Å²) in [4.78, 5) is 52.7. The lowest BCUT2D eigenvalue weighted by Crippen LogP contribution is -2.40. The van der Waals surface area contributed by atoms with Crippen molar-refractivity contribution in [2.24, 2.45) is 10.8 Å². The monoisotopic (exact) mass is 651 g/mol. The summed E-state index contributed by atoms with van der Waals surface area (Å²) < 4.78 is 48.6. The Bertz CT molecular complexity index is 1210. The second kappa shape index (κ2) is 17.9. The number of hydrogen-bond donors (Lipinski definition) is 0. The van der Waals surface area contributed by atoms with Crippen LogP contribution in [0, 0.1) is 24.3 Å². The minimum Gasteiger partial charge on any atom is -0.465 e. The fraction of sp³-hybridized carbons (Fsp3) is 0.667. The summed E-state index contributed by atoms with van der Waals surface area (Å²) in [5, 5.41) is 0. The van der Waals surface area contributed by atoms with Gasteiger partial charge in [-0.25, -0.2) is 15.0 Å². The van der Waals surface area contributed by atoms with Gasteiger partial charge in [0.05, 0.1) is 31.3 Å². The summed E-state index contributed by atoms with van der Waals surface area (Å²) in [6.07, 6.45) is 0.873. The van der Waals surface area contributed by atoms with Crippen LogP contribution in [0.2, 0.25) is 0 Å². The molecule has 11 nitrogen and oxygen atoms in total. The number of aryl methyl sites for hydroxylation is 1. The molecule has 0 radical (unpaired) electrons. The zero-order valence-corrected chi connectivity index (χ0v) is 28.5. The highest BCUT2D eigenvalue weighted by Gasteiger charge is 2.52. The molecule has 1 aromatic carbocycles. The van der Waals surface area contributed by atoms with Gasteiger partial charge in [-0.05, 0) is 86.3 Å². The van der Waals surface area contributed by atoms with Gasteiger partial charge in [0.1, 0.15) is 0 Å². The lowest BCUT2D eigenvalue weighted by Gasteiger charge is -2.27. The van der Waals surface area contributed by atoms with E-state index in [1.807, 2.05) is 6.92 Å². The molecule has 0 fully saturated rings. The molecule has 0 atom stereocenters. The van der Waals surface area contributed by atoms with E-state index in [1.54, 1.807) is 39.8 Å². The maximum absolute atomic E-state index is 14.0. The van der Waals surface area contributed by atoms with Crippen molar-refractivity contribution in [1.29, 1.82) is 0 Å². The number of rotatable bonds is 20. The van der Waals surface area contributed by atoms with Gasteiger partial charge in [0, 0.05) is 12.8 Å². The van der Waals surface area contributed by atoms with E-state index in [2.05, 4.69) is 4.85 Å². The van der Waals surface area contributed by atoms with Crippen molar-refractivity contribution in [2.45, 2.75) is 110 Å². The summed E-state index contributed by atoms with van der Waals surface area (Å²) in [5.41, 5.74) is -2.29. The fourth-order valence-electron chi connectivity index (χ4n) is 5.00. The Hall–Kier alpha value is -3.46. The molecule has 0 unspecified atom stereocenters. The van der Waals surface area contributed by atoms with Crippen LogP contribution in [0.15, 0.2) is 29.2 Å². The maximum Gasteiger partial charge on any atom is 0.333 e. The van der Waals surface area contributed by atoms with E-state index >= 15 is 0 Å². The number of carbonyl (C=O) groups excluding carboxylic acids is 4. The minimum atomic E-state index is -4.18. The molecular weight excluding hydrogens is 602 g/mol. The lowest BCUT2D eigenvalue weighted by molar-refractivity contribution is -0.173. The fourth-order valence-corrected chi connectivity index (χ4v) is 6.88. The molecule has 0 saturated carbocycles. The van der Waals surface area contributed by atoms with Gasteiger partial charge in [0.2, 0.25) is 0 Å². The Morgan fingerprint density at radius 3 is 1.24 bits per heavy atom. The van der Waals surface area contributed by atoms with Crippen molar-refractivity contribution in [3.05, 3.63) is 41.2 Å². The first kappa shape index (κ1) is 39.6. The number of hydrogen-bond acceptors (Lipinski definition) is 10. The Labute approximate surface area is 268 Å². The molecule has 1 aromatic rings. The van der Waals surface area contributed by atoms with E-state index in [-0.39, 0.29) is 82.7 Å². The van der Waals surface area contributed by atoms with E-state index in [1.165, 1.54) is 26.0 Å². The standard InChI is InChI=1S/C33H49NO10S/c1-9-41-27(35)31(6,28(36)42-10-2)21-13-15-23-33(34-8,45(39,40)26-19-17-25(5)18-20-26)24-16-14-22-32(7,29(37)43-11-3)30(38)44-12-4/h17-20H,9-16,21-24H2,1-7H3. The summed E-state index contributed by atoms with van der Waals surface area (Å²) in [6.45, 7) is 19.7. The molecule has 0 N–H and O–H groups in total. The minimum absolute atomic E-state index is 0.00914. The van der Waals surface area contributed by atoms with Crippen LogP contribution in [0.25, 0.3) is 4.85 Å². The Kier molecular flexibility index (Phi) is 15.7. The van der Waals surface area contributed by atoms with Crippen molar-refractivity contribution in [2.75, 3.05) is 26.4 Å². The second-order valence-electron chi connectivity index (χ2n) is 11.3. The maximum atomic E-state index is 14.0. The van der Waals surface area contributed by atoms with Crippen LogP contribution in [0.1, 0.15) is 98.5 Å². The van der Waals surface area contributed by atoms with Crippen LogP contribution in [0.5, 0.6) is 0 Å². The lowest BCUT2D eigenvalue weighted by atomic mass is 9.83. The van der Waals surface area contributed by atoms with Gasteiger partial charge < -0.3 is 18.9 Å². The SMILES string of the molecule is [C-]#[N+]C(CCCCC(C)(C(=O)OCC)C(=O)OCC)(CCCCC(C)(C(=O)OCC)C(=O)OCC)S(=O)(=O)c1ccc(C)cc1. The number of nitrogens with zero attached hydrogens (tertiary/aromatic N) is 1. The van der Waals surface area contributed by atoms with Crippen LogP contribution >= 0.6 is 0 Å². The first-order valence-corrected chi connectivity index (χ1v) is 17.0. The van der Waals surface area contributed by atoms with Gasteiger partial charge in [-0.2, -0.15) is 0 Å². The number of unbranched alkanes of at least 4 members (excludes halogenated alkanes) is 2. The van der Waals surface area contributed by atoms with Crippen LogP contribution < -0.4 is 0 Å². The molecule has 12 heteroatoms. The Morgan fingerprint density at radius 2 is 0.956 bits per heavy atom. The Morgan fingerprint density at radius 1 is 0.644 bits per heavy atom. The molecule has 0 amide bonds. The van der Waals surface area contributed by atoms with Crippen molar-refractivity contribution >= 4 is 33.7 Å². The van der Waals surface area contributed by atoms with Gasteiger partial charge in [0.15, 0.2) is 10.8 Å². The molecule has 252 valence electrons. The number of sulfone groups is 1. The molecule has 0 saturated heterocycles. The summed E-state index contributed by atoms with van der Waals surface area (Å²) in [7, 11) is -4.18. The molecule has 45 heavy (non-hydrogen) atoms. The molecule has 1 rings (SSSR count). The topological polar surface area (TPSA) is 144 Å². The van der Waals surface area contributed by atoms with E-state index in [9.17, 15) is 27.6 Å². The average molecular weight is 652 g/mol. The highest BCUT2D eigenvalue weighted by Crippen LogP contribution is 2.39. The number of carbonyl (C=O) groups is 4. The van der Waals surface area contributed by atoms with E-state index in [4.69, 9.17) is 25.5 Å². The van der Waals surface area contributed by atoms with Crippen molar-refractivity contribution < 1.29 is 46.5 Å². The van der Waals surface area contributed by atoms with E-state index in [0.717, 1.165) is 5.56 Å². The van der Waals surface area contributed by atoms with Crippen molar-refractivity contribution in [1.82, 2.24) is 0 Å². The highest BCUT2D eigenvalue weighted by molar-refractivity contribution is 7.93. The zero-order chi connectivity index (χ0) is 34.3. The first-order chi connectivity index (χ1) is 21.1. The molecule has 0 aliphatic rings. The third-order valence-corrected chi connectivity index (χ3v) is 10.3. The van der Waals surface area contributed by atoms with Crippen LogP contribution in [0.3, 0.4) is 0 Å². The van der Waals surface area contributed by atoms with Crippen LogP contribution in [-0.4, -0.2) is 63.6 Å². The van der Waals surface area contributed by atoms with Gasteiger partial charge in [0.25, 0.3) is 9.84 Å². The molecule has 0 aromatic heterocycles. The first-order valence-electron chi connectivity index (χ1n) is 15.5. The molecule has 0 aliphatic heterocycles. The predicted octanol–water partition coefficient (Wildman–Crippen LogP) is 5.77. The second-order valence-corrected chi connectivity index (χ2v) is 13.6. The van der Waals surface area contributed by atoms with Gasteiger partial charge in [-0.1, -0.05) is 30.5 Å². The highest BCUT2D eigenvalue weighted by atomic mass is 32.2. The third-order valence-electron chi connectivity index (χ3n) is 7.93. The molecule has 0 spiro atoms. The van der Waals surface area contributed by atoms with Gasteiger partial charge in [-0.3, -0.25) is 24.0 Å². The largest absolute Gasteiger partial charge is 0.465 e. The molecule has 0 aliphatic carbocycles. The van der Waals surface area contributed by atoms with Gasteiger partial charge >= 0.3 is 28.7 Å². The average Bonchev–Trinajstić information content (AvgIpc) is 3.00. The van der Waals surface area contributed by atoms with Gasteiger partial charge in [-0.15, -0.1) is 0 Å². The molecule has 0 heterocycles. The Balaban J connectivity index is 3.29. The van der Waals surface area contributed by atoms with Crippen LogP contribution in [0.4, 0.5) is 0 Å².